The number of carbonyl (C=O) groups is 2. The Hall–Kier alpha value is -5.81. The van der Waals surface area contributed by atoms with E-state index in [1.54, 1.807) is 49.1 Å². The van der Waals surface area contributed by atoms with Crippen molar-refractivity contribution < 1.29 is 23.8 Å². The summed E-state index contributed by atoms with van der Waals surface area (Å²) in [4.78, 5) is 44.3. The maximum Gasteiger partial charge on any atom is 0.338 e. The zero-order chi connectivity index (χ0) is 33.1. The third-order valence-electron chi connectivity index (χ3n) is 7.44. The number of rotatable bonds is 9. The SMILES string of the molecule is C=CCOC(=O)C1=C(C)N=c2s/c(=C\c3cn(-c4ccccc4)nc3-c3ccc(OC)cc3)c(=O)n2C1c1ccc(OC(C)=O)cc1. The normalized spacial score (nSPS) is 14.3. The summed E-state index contributed by atoms with van der Waals surface area (Å²) in [5.74, 6) is -0.0170. The number of ether oxygens (including phenoxy) is 3. The smallest absolute Gasteiger partial charge is 0.338 e. The predicted octanol–water partition coefficient (Wildman–Crippen LogP) is 4.75. The molecule has 1 atom stereocenters. The Balaban J connectivity index is 1.52. The van der Waals surface area contributed by atoms with Crippen molar-refractivity contribution in [1.82, 2.24) is 14.3 Å². The fraction of sp³-hybridized carbons (Fsp3) is 0.139. The minimum Gasteiger partial charge on any atom is -0.497 e. The quantitative estimate of drug-likeness (QED) is 0.129. The van der Waals surface area contributed by atoms with Crippen molar-refractivity contribution in [2.45, 2.75) is 19.9 Å². The summed E-state index contributed by atoms with van der Waals surface area (Å²) in [7, 11) is 1.61. The number of nitrogens with zero attached hydrogens (tertiary/aromatic N) is 4. The molecule has 236 valence electrons. The highest BCUT2D eigenvalue weighted by Crippen LogP contribution is 2.32. The molecule has 1 aliphatic rings. The molecule has 0 spiro atoms. The summed E-state index contributed by atoms with van der Waals surface area (Å²) in [6, 6.07) is 23.1. The van der Waals surface area contributed by atoms with Gasteiger partial charge in [-0.05, 0) is 67.1 Å². The Morgan fingerprint density at radius 2 is 1.70 bits per heavy atom. The molecule has 5 aromatic rings. The Kier molecular flexibility index (Phi) is 8.81. The first kappa shape index (κ1) is 31.2. The van der Waals surface area contributed by atoms with Gasteiger partial charge in [0.05, 0.1) is 34.6 Å². The molecule has 0 radical (unpaired) electrons. The van der Waals surface area contributed by atoms with Gasteiger partial charge in [0, 0.05) is 24.2 Å². The van der Waals surface area contributed by atoms with Gasteiger partial charge in [-0.3, -0.25) is 14.2 Å². The van der Waals surface area contributed by atoms with Crippen LogP contribution in [0.3, 0.4) is 0 Å². The van der Waals surface area contributed by atoms with Crippen LogP contribution in [0, 0.1) is 0 Å². The fourth-order valence-corrected chi connectivity index (χ4v) is 6.35. The van der Waals surface area contributed by atoms with E-state index < -0.39 is 18.0 Å². The van der Waals surface area contributed by atoms with Gasteiger partial charge in [-0.25, -0.2) is 14.5 Å². The predicted molar refractivity (Wildman–Crippen MR) is 178 cm³/mol. The molecule has 3 aromatic carbocycles. The molecule has 1 aliphatic heterocycles. The molecule has 0 saturated carbocycles. The highest BCUT2D eigenvalue weighted by molar-refractivity contribution is 7.07. The van der Waals surface area contributed by atoms with Gasteiger partial charge in [0.1, 0.15) is 23.8 Å². The third kappa shape index (κ3) is 6.34. The van der Waals surface area contributed by atoms with Crippen molar-refractivity contribution in [3.8, 4) is 28.4 Å². The summed E-state index contributed by atoms with van der Waals surface area (Å²) < 4.78 is 19.7. The number of aromatic nitrogens is 3. The maximum atomic E-state index is 14.3. The molecule has 1 unspecified atom stereocenters. The van der Waals surface area contributed by atoms with E-state index in [0.29, 0.717) is 43.4 Å². The zero-order valence-electron chi connectivity index (χ0n) is 25.9. The summed E-state index contributed by atoms with van der Waals surface area (Å²) >= 11 is 1.22. The van der Waals surface area contributed by atoms with Crippen LogP contribution in [-0.4, -0.2) is 40.0 Å². The number of benzene rings is 3. The number of para-hydroxylation sites is 1. The molecule has 11 heteroatoms. The van der Waals surface area contributed by atoms with Gasteiger partial charge < -0.3 is 14.2 Å². The molecule has 0 fully saturated rings. The van der Waals surface area contributed by atoms with Crippen LogP contribution in [0.4, 0.5) is 0 Å². The molecule has 0 saturated heterocycles. The Labute approximate surface area is 273 Å². The largest absolute Gasteiger partial charge is 0.497 e. The molecule has 0 bridgehead atoms. The van der Waals surface area contributed by atoms with Crippen LogP contribution in [0.25, 0.3) is 23.0 Å². The monoisotopic (exact) mass is 646 g/mol. The first-order chi connectivity index (χ1) is 22.8. The van der Waals surface area contributed by atoms with Crippen LogP contribution in [0.5, 0.6) is 11.5 Å². The summed E-state index contributed by atoms with van der Waals surface area (Å²) in [6.07, 6.45) is 5.15. The number of carbonyl (C=O) groups excluding carboxylic acids is 2. The summed E-state index contributed by atoms with van der Waals surface area (Å²) in [5, 5.41) is 4.88. The average molecular weight is 647 g/mol. The van der Waals surface area contributed by atoms with E-state index >= 15 is 0 Å². The first-order valence-corrected chi connectivity index (χ1v) is 15.5. The van der Waals surface area contributed by atoms with Gasteiger partial charge in [0.15, 0.2) is 4.80 Å². The number of hydrogen-bond acceptors (Lipinski definition) is 9. The van der Waals surface area contributed by atoms with Crippen LogP contribution < -0.4 is 24.4 Å². The summed E-state index contributed by atoms with van der Waals surface area (Å²) in [5.41, 5.74) is 4.02. The Morgan fingerprint density at radius 3 is 2.36 bits per heavy atom. The van der Waals surface area contributed by atoms with E-state index in [0.717, 1.165) is 11.3 Å². The Bertz CT molecular complexity index is 2190. The average Bonchev–Trinajstić information content (AvgIpc) is 3.64. The van der Waals surface area contributed by atoms with Crippen LogP contribution >= 0.6 is 11.3 Å². The molecule has 0 amide bonds. The van der Waals surface area contributed by atoms with Gasteiger partial charge in [-0.2, -0.15) is 5.10 Å². The van der Waals surface area contributed by atoms with Crippen molar-refractivity contribution in [3.05, 3.63) is 140 Å². The number of methoxy groups -OCH3 is 1. The minimum absolute atomic E-state index is 0.00230. The van der Waals surface area contributed by atoms with E-state index in [1.165, 1.54) is 28.9 Å². The standard InChI is InChI=1S/C36H30N4O6S/c1-5-19-45-35(43)31-22(2)37-36-40(33(31)25-13-17-29(18-14-25)46-23(3)41)34(42)30(47-36)20-26-21-39(27-9-7-6-8-10-27)38-32(26)24-11-15-28(44-4)16-12-24/h5-18,20-21,33H,1,19H2,2-4H3/b30-20-. The molecule has 2 aromatic heterocycles. The van der Waals surface area contributed by atoms with Crippen molar-refractivity contribution in [3.63, 3.8) is 0 Å². The lowest BCUT2D eigenvalue weighted by atomic mass is 9.96. The molecule has 3 heterocycles. The van der Waals surface area contributed by atoms with Gasteiger partial charge in [-0.15, -0.1) is 0 Å². The number of esters is 2. The second kappa shape index (κ2) is 13.3. The third-order valence-corrected chi connectivity index (χ3v) is 8.43. The lowest BCUT2D eigenvalue weighted by Gasteiger charge is -2.24. The second-order valence-electron chi connectivity index (χ2n) is 10.6. The molecular weight excluding hydrogens is 616 g/mol. The van der Waals surface area contributed by atoms with Crippen LogP contribution in [0.1, 0.15) is 31.0 Å². The van der Waals surface area contributed by atoms with Gasteiger partial charge >= 0.3 is 11.9 Å². The zero-order valence-corrected chi connectivity index (χ0v) is 26.7. The maximum absolute atomic E-state index is 14.3. The topological polar surface area (TPSA) is 114 Å². The molecule has 0 aliphatic carbocycles. The van der Waals surface area contributed by atoms with E-state index in [-0.39, 0.29) is 17.7 Å². The first-order valence-electron chi connectivity index (χ1n) is 14.7. The summed E-state index contributed by atoms with van der Waals surface area (Å²) in [6.45, 7) is 6.66. The van der Waals surface area contributed by atoms with E-state index in [1.807, 2.05) is 60.8 Å². The lowest BCUT2D eigenvalue weighted by molar-refractivity contribution is -0.138. The van der Waals surface area contributed by atoms with Gasteiger partial charge in [0.2, 0.25) is 0 Å². The number of fused-ring (bicyclic) bond motifs is 1. The molecule has 10 nitrogen and oxygen atoms in total. The molecular formula is C36H30N4O6S. The second-order valence-corrected chi connectivity index (χ2v) is 11.6. The van der Waals surface area contributed by atoms with Crippen LogP contribution in [0.2, 0.25) is 0 Å². The van der Waals surface area contributed by atoms with Gasteiger partial charge in [-0.1, -0.05) is 54.3 Å². The number of hydrogen-bond donors (Lipinski definition) is 0. The highest BCUT2D eigenvalue weighted by atomic mass is 32.1. The number of allylic oxidation sites excluding steroid dienone is 1. The van der Waals surface area contributed by atoms with Crippen molar-refractivity contribution in [2.75, 3.05) is 13.7 Å². The van der Waals surface area contributed by atoms with Crippen LogP contribution in [-0.2, 0) is 14.3 Å². The van der Waals surface area contributed by atoms with Crippen LogP contribution in [0.15, 0.2) is 119 Å². The van der Waals surface area contributed by atoms with E-state index in [9.17, 15) is 14.4 Å². The fourth-order valence-electron chi connectivity index (χ4n) is 5.31. The van der Waals surface area contributed by atoms with Crippen molar-refractivity contribution >= 4 is 29.4 Å². The highest BCUT2D eigenvalue weighted by Gasteiger charge is 2.33. The molecule has 47 heavy (non-hydrogen) atoms. The number of thiazole rings is 1. The Morgan fingerprint density at radius 1 is 1.00 bits per heavy atom. The lowest BCUT2D eigenvalue weighted by Crippen LogP contribution is -2.39. The molecule has 6 rings (SSSR count). The molecule has 0 N–H and O–H groups in total. The van der Waals surface area contributed by atoms with E-state index in [4.69, 9.17) is 19.3 Å². The van der Waals surface area contributed by atoms with Gasteiger partial charge in [0.25, 0.3) is 5.56 Å². The van der Waals surface area contributed by atoms with E-state index in [2.05, 4.69) is 11.6 Å². The minimum atomic E-state index is -0.842. The van der Waals surface area contributed by atoms with Crippen molar-refractivity contribution in [2.24, 2.45) is 4.99 Å². The van der Waals surface area contributed by atoms with Crippen molar-refractivity contribution in [1.29, 1.82) is 0 Å².